The van der Waals surface area contributed by atoms with E-state index in [1.54, 1.807) is 6.07 Å². The SMILES string of the molecule is N#Cc1cccs1.[Cu].[Li]. The molecule has 4 heteroatoms. The molecule has 0 saturated carbocycles. The van der Waals surface area contributed by atoms with Crippen LogP contribution in [0.15, 0.2) is 17.5 Å². The van der Waals surface area contributed by atoms with Crippen molar-refractivity contribution in [2.24, 2.45) is 0 Å². The second kappa shape index (κ2) is 6.43. The average Bonchev–Trinajstić information content (AvgIpc) is 2.14. The van der Waals surface area contributed by atoms with Crippen LogP contribution in [0, 0.1) is 11.3 Å². The number of nitrogens with zero attached hydrogens (tertiary/aromatic N) is 1. The van der Waals surface area contributed by atoms with Gasteiger partial charge in [-0.3, -0.25) is 0 Å². The molecule has 0 unspecified atom stereocenters. The molecule has 0 aromatic carbocycles. The van der Waals surface area contributed by atoms with Gasteiger partial charge in [-0.25, -0.2) is 0 Å². The minimum Gasteiger partial charge on any atom is -0.192 e. The van der Waals surface area contributed by atoms with Crippen LogP contribution in [0.25, 0.3) is 0 Å². The minimum absolute atomic E-state index is 0. The molecular formula is C5H3CuLiNS. The fourth-order valence-corrected chi connectivity index (χ4v) is 0.856. The second-order valence-corrected chi connectivity index (χ2v) is 2.04. The van der Waals surface area contributed by atoms with Gasteiger partial charge in [0.2, 0.25) is 0 Å². The quantitative estimate of drug-likeness (QED) is 0.550. The Morgan fingerprint density at radius 3 is 2.44 bits per heavy atom. The Morgan fingerprint density at radius 2 is 2.22 bits per heavy atom. The Labute approximate surface area is 80.7 Å². The zero-order valence-electron chi connectivity index (χ0n) is 4.89. The number of rotatable bonds is 0. The number of thiophene rings is 1. The molecule has 0 N–H and O–H groups in total. The van der Waals surface area contributed by atoms with Crippen LogP contribution in [0.4, 0.5) is 0 Å². The molecule has 0 amide bonds. The van der Waals surface area contributed by atoms with E-state index in [-0.39, 0.29) is 35.9 Å². The van der Waals surface area contributed by atoms with Crippen LogP contribution < -0.4 is 0 Å². The molecule has 9 heavy (non-hydrogen) atoms. The van der Waals surface area contributed by atoms with Crippen molar-refractivity contribution in [3.8, 4) is 6.07 Å². The van der Waals surface area contributed by atoms with Crippen LogP contribution in [-0.2, 0) is 17.1 Å². The van der Waals surface area contributed by atoms with Crippen molar-refractivity contribution in [2.75, 3.05) is 0 Å². The molecule has 0 aliphatic carbocycles. The average molecular weight is 180 g/mol. The second-order valence-electron chi connectivity index (χ2n) is 1.09. The van der Waals surface area contributed by atoms with E-state index >= 15 is 0 Å². The van der Waals surface area contributed by atoms with Crippen LogP contribution >= 0.6 is 11.3 Å². The van der Waals surface area contributed by atoms with Crippen molar-refractivity contribution >= 4 is 30.2 Å². The Hall–Kier alpha value is 0.307. The summed E-state index contributed by atoms with van der Waals surface area (Å²) in [5, 5.41) is 10.1. The summed E-state index contributed by atoms with van der Waals surface area (Å²) in [4.78, 5) is 0.778. The first-order valence-corrected chi connectivity index (χ1v) is 2.75. The smallest absolute Gasteiger partial charge is 0.110 e. The topological polar surface area (TPSA) is 23.8 Å². The van der Waals surface area contributed by atoms with E-state index in [1.807, 2.05) is 17.5 Å². The normalized spacial score (nSPS) is 6.11. The van der Waals surface area contributed by atoms with Crippen molar-refractivity contribution in [3.63, 3.8) is 0 Å². The Morgan fingerprint density at radius 1 is 1.56 bits per heavy atom. The van der Waals surface area contributed by atoms with E-state index in [4.69, 9.17) is 5.26 Å². The van der Waals surface area contributed by atoms with Crippen molar-refractivity contribution in [2.45, 2.75) is 0 Å². The molecule has 0 fully saturated rings. The van der Waals surface area contributed by atoms with E-state index in [9.17, 15) is 0 Å². The first-order chi connectivity index (χ1) is 3.43. The van der Waals surface area contributed by atoms with Crippen molar-refractivity contribution in [1.29, 1.82) is 5.26 Å². The molecule has 1 aromatic heterocycles. The molecule has 1 rings (SSSR count). The van der Waals surface area contributed by atoms with Crippen LogP contribution in [0.3, 0.4) is 0 Å². The third-order valence-corrected chi connectivity index (χ3v) is 1.41. The van der Waals surface area contributed by atoms with E-state index in [0.717, 1.165) is 4.88 Å². The fourth-order valence-electron chi connectivity index (χ4n) is 0.342. The van der Waals surface area contributed by atoms with Gasteiger partial charge in [0, 0.05) is 35.9 Å². The van der Waals surface area contributed by atoms with E-state index in [2.05, 4.69) is 0 Å². The van der Waals surface area contributed by atoms with Gasteiger partial charge in [0.1, 0.15) is 10.9 Å². The molecule has 0 aliphatic rings. The maximum absolute atomic E-state index is 8.19. The van der Waals surface area contributed by atoms with Gasteiger partial charge in [-0.05, 0) is 11.4 Å². The number of nitriles is 1. The van der Waals surface area contributed by atoms with Crippen molar-refractivity contribution in [3.05, 3.63) is 22.4 Å². The van der Waals surface area contributed by atoms with E-state index < -0.39 is 0 Å². The van der Waals surface area contributed by atoms with Crippen LogP contribution in [-0.4, -0.2) is 18.9 Å². The molecule has 0 bridgehead atoms. The summed E-state index contributed by atoms with van der Waals surface area (Å²) < 4.78 is 0. The number of hydrogen-bond donors (Lipinski definition) is 0. The first kappa shape index (κ1) is 12.0. The summed E-state index contributed by atoms with van der Waals surface area (Å²) in [6.07, 6.45) is 0. The van der Waals surface area contributed by atoms with Crippen molar-refractivity contribution in [1.82, 2.24) is 0 Å². The zero-order valence-corrected chi connectivity index (χ0v) is 6.65. The third-order valence-electron chi connectivity index (χ3n) is 0.631. The Bertz CT molecular complexity index is 179. The van der Waals surface area contributed by atoms with Gasteiger partial charge in [-0.2, -0.15) is 5.26 Å². The molecule has 46 valence electrons. The van der Waals surface area contributed by atoms with Gasteiger partial charge < -0.3 is 0 Å². The summed E-state index contributed by atoms with van der Waals surface area (Å²) in [5.41, 5.74) is 0. The zero-order chi connectivity index (χ0) is 5.11. The van der Waals surface area contributed by atoms with Gasteiger partial charge in [0.05, 0.1) is 0 Å². The van der Waals surface area contributed by atoms with Gasteiger partial charge in [0.25, 0.3) is 0 Å². The summed E-state index contributed by atoms with van der Waals surface area (Å²) in [6.45, 7) is 0. The standard InChI is InChI=1S/C5H3NS.Cu.Li/c6-4-5-2-1-3-7-5;;/h1-3H;;. The van der Waals surface area contributed by atoms with Gasteiger partial charge in [-0.1, -0.05) is 6.07 Å². The molecule has 0 saturated heterocycles. The molecular weight excluding hydrogens is 177 g/mol. The van der Waals surface area contributed by atoms with Gasteiger partial charge >= 0.3 is 0 Å². The summed E-state index contributed by atoms with van der Waals surface area (Å²) >= 11 is 1.46. The maximum Gasteiger partial charge on any atom is 0.110 e. The predicted octanol–water partition coefficient (Wildman–Crippen LogP) is 1.24. The van der Waals surface area contributed by atoms with Gasteiger partial charge in [0.15, 0.2) is 0 Å². The van der Waals surface area contributed by atoms with E-state index in [0.29, 0.717) is 0 Å². The van der Waals surface area contributed by atoms with Crippen LogP contribution in [0.1, 0.15) is 4.88 Å². The molecule has 2 radical (unpaired) electrons. The molecule has 0 aliphatic heterocycles. The van der Waals surface area contributed by atoms with E-state index in [1.165, 1.54) is 11.3 Å². The van der Waals surface area contributed by atoms with Crippen LogP contribution in [0.2, 0.25) is 0 Å². The summed E-state index contributed by atoms with van der Waals surface area (Å²) in [5.74, 6) is 0. The molecule has 0 spiro atoms. The first-order valence-electron chi connectivity index (χ1n) is 1.87. The monoisotopic (exact) mass is 179 g/mol. The summed E-state index contributed by atoms with van der Waals surface area (Å²) in [6, 6.07) is 5.69. The fraction of sp³-hybridized carbons (Fsp3) is 0. The third kappa shape index (κ3) is 3.81. The maximum atomic E-state index is 8.19. The van der Waals surface area contributed by atoms with Gasteiger partial charge in [-0.15, -0.1) is 11.3 Å². The molecule has 0 atom stereocenters. The molecule has 1 heterocycles. The summed E-state index contributed by atoms with van der Waals surface area (Å²) in [7, 11) is 0. The molecule has 1 aromatic rings. The van der Waals surface area contributed by atoms with Crippen molar-refractivity contribution < 1.29 is 17.1 Å². The van der Waals surface area contributed by atoms with Crippen LogP contribution in [0.5, 0.6) is 0 Å². The molecule has 1 nitrogen and oxygen atoms in total. The number of hydrogen-bond acceptors (Lipinski definition) is 2. The Kier molecular flexibility index (Phi) is 8.59. The Balaban J connectivity index is 0. The largest absolute Gasteiger partial charge is 0.192 e. The minimum atomic E-state index is 0. The predicted molar refractivity (Wildman–Crippen MR) is 34.8 cm³/mol.